The number of nitrogens with one attached hydrogen (secondary N) is 1. The molecule has 4 rings (SSSR count). The molecule has 0 radical (unpaired) electrons. The monoisotopic (exact) mass is 426 g/mol. The van der Waals surface area contributed by atoms with Gasteiger partial charge >= 0.3 is 0 Å². The Labute approximate surface area is 187 Å². The van der Waals surface area contributed by atoms with Crippen LogP contribution in [-0.2, 0) is 13.1 Å². The second-order valence-electron chi connectivity index (χ2n) is 7.79. The third-order valence-electron chi connectivity index (χ3n) is 5.36. The van der Waals surface area contributed by atoms with Gasteiger partial charge in [0.15, 0.2) is 0 Å². The van der Waals surface area contributed by atoms with Crippen molar-refractivity contribution >= 4 is 16.8 Å². The van der Waals surface area contributed by atoms with Gasteiger partial charge in [0.05, 0.1) is 18.7 Å². The lowest BCUT2D eigenvalue weighted by Gasteiger charge is -2.24. The molecule has 5 heteroatoms. The van der Waals surface area contributed by atoms with Crippen molar-refractivity contribution in [3.8, 4) is 5.75 Å². The molecule has 4 aromatic rings. The van der Waals surface area contributed by atoms with E-state index in [0.29, 0.717) is 30.0 Å². The van der Waals surface area contributed by atoms with Crippen molar-refractivity contribution in [1.82, 2.24) is 9.88 Å². The van der Waals surface area contributed by atoms with Gasteiger partial charge in [0, 0.05) is 17.6 Å². The van der Waals surface area contributed by atoms with Gasteiger partial charge in [-0.1, -0.05) is 54.6 Å². The smallest absolute Gasteiger partial charge is 0.258 e. The average Bonchev–Trinajstić information content (AvgIpc) is 2.80. The third kappa shape index (κ3) is 4.72. The number of carbonyl (C=O) groups excluding carboxylic acids is 1. The maximum absolute atomic E-state index is 13.6. The lowest BCUT2D eigenvalue weighted by molar-refractivity contribution is 0.0725. The summed E-state index contributed by atoms with van der Waals surface area (Å²) < 4.78 is 5.69. The molecule has 162 valence electrons. The highest BCUT2D eigenvalue weighted by atomic mass is 16.5. The third-order valence-corrected chi connectivity index (χ3v) is 5.36. The van der Waals surface area contributed by atoms with Gasteiger partial charge in [0.2, 0.25) is 0 Å². The maximum atomic E-state index is 13.6. The van der Waals surface area contributed by atoms with Gasteiger partial charge in [0.25, 0.3) is 11.5 Å². The summed E-state index contributed by atoms with van der Waals surface area (Å²) >= 11 is 0. The van der Waals surface area contributed by atoms with Crippen molar-refractivity contribution in [3.63, 3.8) is 0 Å². The number of H-pyrrole nitrogens is 1. The van der Waals surface area contributed by atoms with Crippen LogP contribution in [0.3, 0.4) is 0 Å². The molecular weight excluding hydrogens is 400 g/mol. The molecule has 0 unspecified atom stereocenters. The first-order chi connectivity index (χ1) is 15.5. The Hall–Kier alpha value is -3.86. The second kappa shape index (κ2) is 9.52. The van der Waals surface area contributed by atoms with Crippen LogP contribution in [0.4, 0.5) is 0 Å². The van der Waals surface area contributed by atoms with Gasteiger partial charge in [-0.15, -0.1) is 0 Å². The van der Waals surface area contributed by atoms with Crippen LogP contribution in [0.5, 0.6) is 5.75 Å². The molecule has 0 spiro atoms. The molecule has 0 aliphatic heterocycles. The highest BCUT2D eigenvalue weighted by molar-refractivity contribution is 5.97. The summed E-state index contributed by atoms with van der Waals surface area (Å²) in [5, 5.41) is 0.937. The quantitative estimate of drug-likeness (QED) is 0.448. The first kappa shape index (κ1) is 21.4. The minimum absolute atomic E-state index is 0.179. The largest absolute Gasteiger partial charge is 0.493 e. The summed E-state index contributed by atoms with van der Waals surface area (Å²) in [6.07, 6.45) is 0. The van der Waals surface area contributed by atoms with E-state index in [9.17, 15) is 9.59 Å². The van der Waals surface area contributed by atoms with E-state index in [2.05, 4.69) is 4.98 Å². The van der Waals surface area contributed by atoms with Gasteiger partial charge in [-0.2, -0.15) is 0 Å². The number of para-hydroxylation sites is 1. The highest BCUT2D eigenvalue weighted by Crippen LogP contribution is 2.22. The molecule has 3 aromatic carbocycles. The fraction of sp³-hybridized carbons (Fsp3) is 0.185. The fourth-order valence-electron chi connectivity index (χ4n) is 3.78. The summed E-state index contributed by atoms with van der Waals surface area (Å²) in [5.74, 6) is 0.363. The number of carbonyl (C=O) groups is 1. The number of amides is 1. The number of rotatable bonds is 7. The van der Waals surface area contributed by atoms with E-state index < -0.39 is 0 Å². The van der Waals surface area contributed by atoms with E-state index in [-0.39, 0.29) is 18.0 Å². The molecule has 32 heavy (non-hydrogen) atoms. The first-order valence-corrected chi connectivity index (χ1v) is 10.7. The van der Waals surface area contributed by atoms with Crippen LogP contribution >= 0.6 is 0 Å². The number of benzene rings is 3. The Kier molecular flexibility index (Phi) is 6.36. The number of hydrogen-bond donors (Lipinski definition) is 1. The molecule has 0 bridgehead atoms. The van der Waals surface area contributed by atoms with E-state index in [1.807, 2.05) is 80.6 Å². The van der Waals surface area contributed by atoms with Crippen molar-refractivity contribution in [2.75, 3.05) is 6.61 Å². The zero-order chi connectivity index (χ0) is 22.5. The number of fused-ring (bicyclic) bond motifs is 1. The lowest BCUT2D eigenvalue weighted by Crippen LogP contribution is -2.32. The van der Waals surface area contributed by atoms with Gasteiger partial charge in [-0.3, -0.25) is 9.59 Å². The molecule has 0 saturated carbocycles. The van der Waals surface area contributed by atoms with Crippen LogP contribution in [0.15, 0.2) is 83.7 Å². The summed E-state index contributed by atoms with van der Waals surface area (Å²) in [6.45, 7) is 4.91. The van der Waals surface area contributed by atoms with Crippen LogP contribution < -0.4 is 10.3 Å². The number of pyridine rings is 1. The number of aromatic nitrogens is 1. The van der Waals surface area contributed by atoms with Crippen LogP contribution in [0.25, 0.3) is 10.9 Å². The molecule has 0 atom stereocenters. The van der Waals surface area contributed by atoms with E-state index in [1.54, 1.807) is 17.0 Å². The zero-order valence-corrected chi connectivity index (χ0v) is 18.3. The van der Waals surface area contributed by atoms with Gasteiger partial charge in [-0.05, 0) is 54.6 Å². The number of hydrogen-bond acceptors (Lipinski definition) is 3. The Bertz CT molecular complexity index is 1300. The maximum Gasteiger partial charge on any atom is 0.258 e. The summed E-state index contributed by atoms with van der Waals surface area (Å²) in [5.41, 5.74) is 3.70. The van der Waals surface area contributed by atoms with E-state index in [0.717, 1.165) is 22.0 Å². The predicted molar refractivity (Wildman–Crippen MR) is 127 cm³/mol. The van der Waals surface area contributed by atoms with Crippen molar-refractivity contribution in [3.05, 3.63) is 111 Å². The molecule has 0 aliphatic carbocycles. The van der Waals surface area contributed by atoms with Crippen LogP contribution in [0.1, 0.15) is 34.0 Å². The van der Waals surface area contributed by atoms with E-state index >= 15 is 0 Å². The molecule has 1 amide bonds. The minimum Gasteiger partial charge on any atom is -0.493 e. The normalized spacial score (nSPS) is 10.8. The van der Waals surface area contributed by atoms with Crippen molar-refractivity contribution in [2.45, 2.75) is 26.9 Å². The molecule has 0 saturated heterocycles. The standard InChI is InChI=1S/C27H26N2O3/c1-3-32-25-12-8-7-11-23(25)27(31)29(17-20-9-5-4-6-10-20)18-22-16-21-14-13-19(2)15-24(21)28-26(22)30/h4-16H,3,17-18H2,1-2H3,(H,28,30). The predicted octanol–water partition coefficient (Wildman–Crippen LogP) is 5.08. The average molecular weight is 427 g/mol. The van der Waals surface area contributed by atoms with Gasteiger partial charge in [0.1, 0.15) is 5.75 Å². The topological polar surface area (TPSA) is 62.4 Å². The fourth-order valence-corrected chi connectivity index (χ4v) is 3.78. The van der Waals surface area contributed by atoms with Crippen molar-refractivity contribution in [2.24, 2.45) is 0 Å². The summed E-state index contributed by atoms with van der Waals surface area (Å²) in [4.78, 5) is 31.1. The van der Waals surface area contributed by atoms with Gasteiger partial charge < -0.3 is 14.6 Å². The van der Waals surface area contributed by atoms with E-state index in [4.69, 9.17) is 4.74 Å². The van der Waals surface area contributed by atoms with Crippen LogP contribution in [-0.4, -0.2) is 22.4 Å². The van der Waals surface area contributed by atoms with Crippen molar-refractivity contribution in [1.29, 1.82) is 0 Å². The number of ether oxygens (including phenoxy) is 1. The Morgan fingerprint density at radius 2 is 1.69 bits per heavy atom. The molecule has 1 aromatic heterocycles. The Morgan fingerprint density at radius 3 is 2.47 bits per heavy atom. The van der Waals surface area contributed by atoms with Crippen LogP contribution in [0.2, 0.25) is 0 Å². The second-order valence-corrected chi connectivity index (χ2v) is 7.79. The molecular formula is C27H26N2O3. The van der Waals surface area contributed by atoms with E-state index in [1.165, 1.54) is 0 Å². The number of aromatic amines is 1. The van der Waals surface area contributed by atoms with Gasteiger partial charge in [-0.25, -0.2) is 0 Å². The molecule has 5 nitrogen and oxygen atoms in total. The zero-order valence-electron chi connectivity index (χ0n) is 18.3. The number of aryl methyl sites for hydroxylation is 1. The Morgan fingerprint density at radius 1 is 0.938 bits per heavy atom. The molecule has 1 heterocycles. The first-order valence-electron chi connectivity index (χ1n) is 10.7. The summed E-state index contributed by atoms with van der Waals surface area (Å²) in [7, 11) is 0. The molecule has 1 N–H and O–H groups in total. The van der Waals surface area contributed by atoms with Crippen molar-refractivity contribution < 1.29 is 9.53 Å². The SMILES string of the molecule is CCOc1ccccc1C(=O)N(Cc1ccccc1)Cc1cc2ccc(C)cc2[nH]c1=O. The summed E-state index contributed by atoms with van der Waals surface area (Å²) in [6, 6.07) is 24.8. The highest BCUT2D eigenvalue weighted by Gasteiger charge is 2.21. The molecule has 0 fully saturated rings. The lowest BCUT2D eigenvalue weighted by atomic mass is 10.1. The van der Waals surface area contributed by atoms with Crippen LogP contribution in [0, 0.1) is 6.92 Å². The minimum atomic E-state index is -0.188. The number of nitrogens with zero attached hydrogens (tertiary/aromatic N) is 1. The Balaban J connectivity index is 1.73. The molecule has 0 aliphatic rings.